The maximum atomic E-state index is 5.74. The minimum Gasteiger partial charge on any atom is -0.493 e. The van der Waals surface area contributed by atoms with E-state index >= 15 is 0 Å². The number of ether oxygens (including phenoxy) is 4. The van der Waals surface area contributed by atoms with E-state index in [4.69, 9.17) is 27.9 Å². The summed E-state index contributed by atoms with van der Waals surface area (Å²) >= 11 is 0. The first-order chi connectivity index (χ1) is 14.7. The van der Waals surface area contributed by atoms with Gasteiger partial charge in [0.25, 0.3) is 0 Å². The van der Waals surface area contributed by atoms with Crippen molar-refractivity contribution >= 4 is 0 Å². The summed E-state index contributed by atoms with van der Waals surface area (Å²) in [5.41, 5.74) is 1.46. The lowest BCUT2D eigenvalue weighted by molar-refractivity contribution is 0.174. The average Bonchev–Trinajstić information content (AvgIpc) is 3.53. The molecule has 0 amide bonds. The fraction of sp³-hybridized carbons (Fsp3) is 0.200. The predicted molar refractivity (Wildman–Crippen MR) is 102 cm³/mol. The van der Waals surface area contributed by atoms with Gasteiger partial charge < -0.3 is 27.9 Å². The molecule has 0 unspecified atom stereocenters. The van der Waals surface area contributed by atoms with E-state index in [9.17, 15) is 0 Å². The van der Waals surface area contributed by atoms with Crippen molar-refractivity contribution in [2.75, 3.05) is 21.0 Å². The van der Waals surface area contributed by atoms with Crippen molar-refractivity contribution in [2.45, 2.75) is 6.42 Å². The summed E-state index contributed by atoms with van der Waals surface area (Å²) in [5, 5.41) is 12.2. The summed E-state index contributed by atoms with van der Waals surface area (Å²) in [4.78, 5) is 4.39. The Bertz CT molecular complexity index is 1200. The second-order valence-corrected chi connectivity index (χ2v) is 6.33. The second-order valence-electron chi connectivity index (χ2n) is 6.33. The van der Waals surface area contributed by atoms with E-state index in [2.05, 4.69) is 20.3 Å². The third-order valence-electron chi connectivity index (χ3n) is 4.50. The van der Waals surface area contributed by atoms with Crippen molar-refractivity contribution in [1.29, 1.82) is 0 Å². The first-order valence-electron chi connectivity index (χ1n) is 9.01. The maximum absolute atomic E-state index is 5.74. The lowest BCUT2D eigenvalue weighted by Gasteiger charge is -2.07. The first-order valence-corrected chi connectivity index (χ1v) is 9.01. The lowest BCUT2D eigenvalue weighted by atomic mass is 10.2. The Morgan fingerprint density at radius 2 is 1.70 bits per heavy atom. The van der Waals surface area contributed by atoms with Crippen LogP contribution in [0.1, 0.15) is 11.8 Å². The maximum Gasteiger partial charge on any atom is 0.247 e. The molecule has 1 aliphatic rings. The van der Waals surface area contributed by atoms with Crippen LogP contribution < -0.4 is 18.9 Å². The molecule has 0 fully saturated rings. The summed E-state index contributed by atoms with van der Waals surface area (Å²) in [5.74, 6) is 4.00. The zero-order valence-corrected chi connectivity index (χ0v) is 16.1. The van der Waals surface area contributed by atoms with Crippen LogP contribution >= 0.6 is 0 Å². The monoisotopic (exact) mass is 408 g/mol. The van der Waals surface area contributed by atoms with Gasteiger partial charge >= 0.3 is 0 Å². The predicted octanol–water partition coefficient (Wildman–Crippen LogP) is 3.12. The van der Waals surface area contributed by atoms with Gasteiger partial charge in [0.05, 0.1) is 14.2 Å². The Balaban J connectivity index is 1.34. The fourth-order valence-corrected chi connectivity index (χ4v) is 3.02. The highest BCUT2D eigenvalue weighted by Gasteiger charge is 2.18. The summed E-state index contributed by atoms with van der Waals surface area (Å²) in [7, 11) is 3.14. The Hall–Kier alpha value is -4.08. The van der Waals surface area contributed by atoms with Gasteiger partial charge in [0, 0.05) is 11.1 Å². The van der Waals surface area contributed by atoms with Gasteiger partial charge in [-0.15, -0.1) is 10.2 Å². The van der Waals surface area contributed by atoms with E-state index in [0.29, 0.717) is 52.1 Å². The highest BCUT2D eigenvalue weighted by Crippen LogP contribution is 2.35. The number of rotatable bonds is 6. The van der Waals surface area contributed by atoms with Crippen molar-refractivity contribution in [1.82, 2.24) is 20.3 Å². The molecule has 5 rings (SSSR count). The summed E-state index contributed by atoms with van der Waals surface area (Å²) in [6.45, 7) is 0.204. The number of aromatic nitrogens is 4. The molecule has 0 saturated carbocycles. The topological polar surface area (TPSA) is 115 Å². The SMILES string of the molecule is COc1ccc(-c2nnc(Cc3nc(-c4ccc5c(c4)OCO5)no3)o2)cc1OC. The van der Waals surface area contributed by atoms with Crippen LogP contribution in [-0.2, 0) is 6.42 Å². The molecule has 2 aromatic carbocycles. The number of hydrogen-bond acceptors (Lipinski definition) is 10. The Morgan fingerprint density at radius 1 is 0.867 bits per heavy atom. The van der Waals surface area contributed by atoms with Gasteiger partial charge in [-0.25, -0.2) is 0 Å². The number of fused-ring (bicyclic) bond motifs is 1. The molecule has 3 heterocycles. The van der Waals surface area contributed by atoms with Crippen molar-refractivity contribution in [3.63, 3.8) is 0 Å². The third kappa shape index (κ3) is 3.28. The third-order valence-corrected chi connectivity index (χ3v) is 4.50. The van der Waals surface area contributed by atoms with Crippen LogP contribution in [0, 0.1) is 0 Å². The van der Waals surface area contributed by atoms with E-state index in [1.54, 1.807) is 38.5 Å². The molecule has 1 aliphatic heterocycles. The van der Waals surface area contributed by atoms with Gasteiger partial charge in [-0.3, -0.25) is 0 Å². The minimum atomic E-state index is 0.204. The molecular weight excluding hydrogens is 392 g/mol. The zero-order chi connectivity index (χ0) is 20.5. The standard InChI is InChI=1S/C20H16N4O6/c1-25-13-5-4-12(8-15(13)26-2)20-23-22-18(29-20)9-17-21-19(24-30-17)11-3-6-14-16(7-11)28-10-27-14/h3-8H,9-10H2,1-2H3. The average molecular weight is 408 g/mol. The normalized spacial score (nSPS) is 12.2. The Morgan fingerprint density at radius 3 is 2.57 bits per heavy atom. The lowest BCUT2D eigenvalue weighted by Crippen LogP contribution is -1.92. The molecule has 4 aromatic rings. The largest absolute Gasteiger partial charge is 0.493 e. The van der Waals surface area contributed by atoms with Gasteiger partial charge in [0.2, 0.25) is 30.3 Å². The quantitative estimate of drug-likeness (QED) is 0.471. The summed E-state index contributed by atoms with van der Waals surface area (Å²) < 4.78 is 32.3. The number of benzene rings is 2. The molecule has 0 atom stereocenters. The molecule has 30 heavy (non-hydrogen) atoms. The Kier molecular flexibility index (Phi) is 4.43. The van der Waals surface area contributed by atoms with Gasteiger partial charge in [0.1, 0.15) is 6.42 Å². The summed E-state index contributed by atoms with van der Waals surface area (Å²) in [6.07, 6.45) is 0.206. The van der Waals surface area contributed by atoms with Crippen molar-refractivity contribution in [2.24, 2.45) is 0 Å². The van der Waals surface area contributed by atoms with Crippen LogP contribution in [0.25, 0.3) is 22.8 Å². The molecule has 10 nitrogen and oxygen atoms in total. The summed E-state index contributed by atoms with van der Waals surface area (Å²) in [6, 6.07) is 10.8. The first kappa shape index (κ1) is 18.0. The van der Waals surface area contributed by atoms with Crippen LogP contribution in [0.3, 0.4) is 0 Å². The molecule has 0 aliphatic carbocycles. The molecule has 0 spiro atoms. The van der Waals surface area contributed by atoms with Crippen LogP contribution in [0.5, 0.6) is 23.0 Å². The molecular formula is C20H16N4O6. The van der Waals surface area contributed by atoms with Crippen molar-refractivity contribution < 1.29 is 27.9 Å². The van der Waals surface area contributed by atoms with E-state index in [1.807, 2.05) is 12.1 Å². The van der Waals surface area contributed by atoms with Crippen LogP contribution in [0.4, 0.5) is 0 Å². The van der Waals surface area contributed by atoms with Gasteiger partial charge in [-0.2, -0.15) is 4.98 Å². The van der Waals surface area contributed by atoms with E-state index in [1.165, 1.54) is 0 Å². The molecule has 2 aromatic heterocycles. The van der Waals surface area contributed by atoms with Gasteiger partial charge in [-0.05, 0) is 36.4 Å². The van der Waals surface area contributed by atoms with Crippen LogP contribution in [0.15, 0.2) is 45.3 Å². The number of nitrogens with zero attached hydrogens (tertiary/aromatic N) is 4. The molecule has 0 bridgehead atoms. The van der Waals surface area contributed by atoms with Crippen LogP contribution in [-0.4, -0.2) is 41.4 Å². The molecule has 0 radical (unpaired) electrons. The molecule has 0 saturated heterocycles. The molecule has 0 N–H and O–H groups in total. The van der Waals surface area contributed by atoms with Crippen LogP contribution in [0.2, 0.25) is 0 Å². The second kappa shape index (κ2) is 7.39. The van der Waals surface area contributed by atoms with Crippen molar-refractivity contribution in [3.8, 4) is 45.8 Å². The van der Waals surface area contributed by atoms with E-state index in [0.717, 1.165) is 5.56 Å². The van der Waals surface area contributed by atoms with E-state index < -0.39 is 0 Å². The highest BCUT2D eigenvalue weighted by atomic mass is 16.7. The minimum absolute atomic E-state index is 0.204. The number of methoxy groups -OCH3 is 2. The fourth-order valence-electron chi connectivity index (χ4n) is 3.02. The zero-order valence-electron chi connectivity index (χ0n) is 16.1. The highest BCUT2D eigenvalue weighted by molar-refractivity contribution is 5.61. The van der Waals surface area contributed by atoms with E-state index in [-0.39, 0.29) is 13.2 Å². The van der Waals surface area contributed by atoms with Gasteiger partial charge in [0.15, 0.2) is 23.0 Å². The Labute approximate surface area is 170 Å². The van der Waals surface area contributed by atoms with Gasteiger partial charge in [-0.1, -0.05) is 5.16 Å². The molecule has 152 valence electrons. The molecule has 10 heteroatoms. The smallest absolute Gasteiger partial charge is 0.247 e. The van der Waals surface area contributed by atoms with Crippen molar-refractivity contribution in [3.05, 3.63) is 48.2 Å². The number of hydrogen-bond donors (Lipinski definition) is 0.